The quantitative estimate of drug-likeness (QED) is 0.555. The summed E-state index contributed by atoms with van der Waals surface area (Å²) in [6.07, 6.45) is 0. The van der Waals surface area contributed by atoms with Gasteiger partial charge in [0.2, 0.25) is 0 Å². The number of hydrazone groups is 3. The zero-order valence-corrected chi connectivity index (χ0v) is 21.3. The molecule has 2 N–H and O–H groups in total. The third-order valence-corrected chi connectivity index (χ3v) is 7.41. The molecule has 6 rings (SSSR count). The second kappa shape index (κ2) is 9.02. The number of benzene rings is 3. The van der Waals surface area contributed by atoms with E-state index in [1.165, 1.54) is 15.0 Å². The van der Waals surface area contributed by atoms with Crippen LogP contribution in [0.5, 0.6) is 0 Å². The molecule has 0 spiro atoms. The number of hydrogen-bond acceptors (Lipinski definition) is 7. The van der Waals surface area contributed by atoms with Crippen LogP contribution in [0.4, 0.5) is 17.1 Å². The van der Waals surface area contributed by atoms with Gasteiger partial charge < -0.3 is 5.73 Å². The van der Waals surface area contributed by atoms with E-state index >= 15 is 0 Å². The number of carbonyl (C=O) groups is 3. The van der Waals surface area contributed by atoms with E-state index in [0.717, 1.165) is 0 Å². The molecule has 3 aromatic carbocycles. The van der Waals surface area contributed by atoms with Gasteiger partial charge in [-0.3, -0.25) is 14.4 Å². The van der Waals surface area contributed by atoms with Crippen molar-refractivity contribution in [1.82, 2.24) is 0 Å². The van der Waals surface area contributed by atoms with Crippen LogP contribution in [0.1, 0.15) is 13.8 Å². The van der Waals surface area contributed by atoms with E-state index in [4.69, 9.17) is 5.73 Å². The zero-order chi connectivity index (χ0) is 27.3. The van der Waals surface area contributed by atoms with Crippen LogP contribution in [0.2, 0.25) is 0 Å². The Morgan fingerprint density at radius 3 is 1.56 bits per heavy atom. The molecule has 39 heavy (non-hydrogen) atoms. The molecule has 3 aliphatic heterocycles. The van der Waals surface area contributed by atoms with E-state index in [1.54, 1.807) is 86.6 Å². The predicted octanol–water partition coefficient (Wildman–Crippen LogP) is 3.37. The minimum absolute atomic E-state index is 0.0691. The highest BCUT2D eigenvalue weighted by atomic mass is 16.2. The highest BCUT2D eigenvalue weighted by molar-refractivity contribution is 6.33. The molecular formula is C29H25N7O3. The molecule has 0 aromatic heterocycles. The number of rotatable bonds is 5. The molecule has 3 amide bonds. The molecular weight excluding hydrogens is 494 g/mol. The Labute approximate surface area is 224 Å². The van der Waals surface area contributed by atoms with Gasteiger partial charge in [-0.15, -0.1) is 0 Å². The van der Waals surface area contributed by atoms with Gasteiger partial charge in [0.05, 0.1) is 22.8 Å². The maximum Gasteiger partial charge on any atom is 0.261 e. The monoisotopic (exact) mass is 519 g/mol. The highest BCUT2D eigenvalue weighted by Gasteiger charge is 2.69. The lowest BCUT2D eigenvalue weighted by Crippen LogP contribution is -2.59. The van der Waals surface area contributed by atoms with Crippen LogP contribution in [0, 0.1) is 17.3 Å². The van der Waals surface area contributed by atoms with Crippen molar-refractivity contribution < 1.29 is 14.4 Å². The van der Waals surface area contributed by atoms with Crippen molar-refractivity contribution in [2.75, 3.05) is 15.0 Å². The summed E-state index contributed by atoms with van der Waals surface area (Å²) < 4.78 is 0. The van der Waals surface area contributed by atoms with Crippen LogP contribution in [0.3, 0.4) is 0 Å². The fraction of sp³-hybridized carbons (Fsp3) is 0.172. The summed E-state index contributed by atoms with van der Waals surface area (Å²) in [5, 5.41) is 17.2. The van der Waals surface area contributed by atoms with Crippen molar-refractivity contribution in [2.45, 2.75) is 13.8 Å². The summed E-state index contributed by atoms with van der Waals surface area (Å²) >= 11 is 0. The van der Waals surface area contributed by atoms with Gasteiger partial charge in [-0.05, 0) is 50.2 Å². The number of amidine groups is 1. The fourth-order valence-electron chi connectivity index (χ4n) is 5.68. The summed E-state index contributed by atoms with van der Waals surface area (Å²) in [4.78, 5) is 42.8. The Morgan fingerprint density at radius 2 is 1.05 bits per heavy atom. The first-order valence-corrected chi connectivity index (χ1v) is 12.5. The topological polar surface area (TPSA) is 124 Å². The zero-order valence-electron chi connectivity index (χ0n) is 21.3. The van der Waals surface area contributed by atoms with Crippen molar-refractivity contribution in [1.29, 1.82) is 0 Å². The SMILES string of the molecule is CC1=NN(c2ccccc2)C(=O)[C@@H]1[C@@]1([C@H]2C(=O)N(c3ccccc3)N=C2N)C(=O)N(c2ccccc2)N=C1C. The molecule has 0 bridgehead atoms. The molecule has 0 aliphatic carbocycles. The van der Waals surface area contributed by atoms with E-state index in [2.05, 4.69) is 15.3 Å². The van der Waals surface area contributed by atoms with E-state index in [9.17, 15) is 14.4 Å². The smallest absolute Gasteiger partial charge is 0.261 e. The van der Waals surface area contributed by atoms with Gasteiger partial charge >= 0.3 is 0 Å². The van der Waals surface area contributed by atoms with Crippen LogP contribution >= 0.6 is 0 Å². The standard InChI is InChI=1S/C29H25N7O3/c1-18-23(26(37)34(31-18)20-12-6-3-7-13-20)29(19(2)32-36(28(29)39)22-16-10-5-11-17-22)24-25(30)33-35(27(24)38)21-14-8-4-9-15-21/h3-17,23-24H,1-2H3,(H2,30,33)/t23-,24-,29+/m1/s1. The number of amides is 3. The summed E-state index contributed by atoms with van der Waals surface area (Å²) in [6.45, 7) is 3.33. The first-order valence-electron chi connectivity index (χ1n) is 12.5. The van der Waals surface area contributed by atoms with Crippen LogP contribution < -0.4 is 20.8 Å². The first-order chi connectivity index (χ1) is 18.9. The van der Waals surface area contributed by atoms with Crippen LogP contribution in [0.25, 0.3) is 0 Å². The minimum atomic E-state index is -1.78. The number of nitrogens with two attached hydrogens (primary N) is 1. The maximum absolute atomic E-state index is 14.6. The van der Waals surface area contributed by atoms with Crippen molar-refractivity contribution in [2.24, 2.45) is 38.3 Å². The second-order valence-electron chi connectivity index (χ2n) is 9.61. The van der Waals surface area contributed by atoms with E-state index in [1.807, 2.05) is 18.2 Å². The lowest BCUT2D eigenvalue weighted by Gasteiger charge is -2.36. The summed E-state index contributed by atoms with van der Waals surface area (Å²) in [7, 11) is 0. The largest absolute Gasteiger partial charge is 0.385 e. The Bertz CT molecular complexity index is 1490. The third kappa shape index (κ3) is 3.48. The normalized spacial score (nSPS) is 24.8. The molecule has 194 valence electrons. The fourth-order valence-corrected chi connectivity index (χ4v) is 5.68. The molecule has 0 saturated heterocycles. The molecule has 10 heteroatoms. The molecule has 3 atom stereocenters. The summed E-state index contributed by atoms with van der Waals surface area (Å²) in [5.41, 5.74) is 6.90. The summed E-state index contributed by atoms with van der Waals surface area (Å²) in [5.74, 6) is -4.00. The number of hydrogen-bond donors (Lipinski definition) is 1. The number of anilines is 3. The van der Waals surface area contributed by atoms with Crippen LogP contribution in [-0.4, -0.2) is 35.0 Å². The Hall–Kier alpha value is -5.12. The molecule has 3 aromatic rings. The maximum atomic E-state index is 14.6. The Morgan fingerprint density at radius 1 is 0.615 bits per heavy atom. The number of nitrogens with zero attached hydrogens (tertiary/aromatic N) is 6. The van der Waals surface area contributed by atoms with Gasteiger partial charge in [0.1, 0.15) is 23.1 Å². The Kier molecular flexibility index (Phi) is 5.60. The average molecular weight is 520 g/mol. The third-order valence-electron chi connectivity index (χ3n) is 7.41. The molecule has 0 fully saturated rings. The van der Waals surface area contributed by atoms with Crippen molar-refractivity contribution in [3.05, 3.63) is 91.0 Å². The van der Waals surface area contributed by atoms with Gasteiger partial charge in [-0.25, -0.2) is 5.01 Å². The van der Waals surface area contributed by atoms with Gasteiger partial charge in [-0.2, -0.15) is 25.3 Å². The van der Waals surface area contributed by atoms with E-state index in [-0.39, 0.29) is 11.5 Å². The first kappa shape index (κ1) is 24.2. The molecule has 10 nitrogen and oxygen atoms in total. The molecule has 3 heterocycles. The highest BCUT2D eigenvalue weighted by Crippen LogP contribution is 2.50. The average Bonchev–Trinajstić information content (AvgIpc) is 3.53. The number of para-hydroxylation sites is 3. The van der Waals surface area contributed by atoms with Crippen LogP contribution in [0.15, 0.2) is 106 Å². The molecule has 0 saturated carbocycles. The molecule has 0 unspecified atom stereocenters. The van der Waals surface area contributed by atoms with E-state index in [0.29, 0.717) is 22.8 Å². The summed E-state index contributed by atoms with van der Waals surface area (Å²) in [6, 6.07) is 26.6. The predicted molar refractivity (Wildman–Crippen MR) is 149 cm³/mol. The van der Waals surface area contributed by atoms with E-state index < -0.39 is 35.0 Å². The van der Waals surface area contributed by atoms with Crippen molar-refractivity contribution >= 4 is 52.0 Å². The second-order valence-corrected chi connectivity index (χ2v) is 9.61. The minimum Gasteiger partial charge on any atom is -0.385 e. The Balaban J connectivity index is 1.51. The van der Waals surface area contributed by atoms with Gasteiger partial charge in [0.25, 0.3) is 17.7 Å². The van der Waals surface area contributed by atoms with Crippen LogP contribution in [-0.2, 0) is 14.4 Å². The van der Waals surface area contributed by atoms with Crippen molar-refractivity contribution in [3.63, 3.8) is 0 Å². The lowest BCUT2D eigenvalue weighted by atomic mass is 9.61. The van der Waals surface area contributed by atoms with Gasteiger partial charge in [-0.1, -0.05) is 54.6 Å². The molecule has 0 radical (unpaired) electrons. The van der Waals surface area contributed by atoms with Crippen molar-refractivity contribution in [3.8, 4) is 0 Å². The van der Waals surface area contributed by atoms with Gasteiger partial charge in [0.15, 0.2) is 0 Å². The number of carbonyl (C=O) groups excluding carboxylic acids is 3. The molecule has 3 aliphatic rings. The van der Waals surface area contributed by atoms with Gasteiger partial charge in [0, 0.05) is 5.71 Å². The lowest BCUT2D eigenvalue weighted by molar-refractivity contribution is -0.136.